The van der Waals surface area contributed by atoms with Gasteiger partial charge in [-0.15, -0.1) is 11.8 Å². The molecule has 5 nitrogen and oxygen atoms in total. The number of halogens is 1. The quantitative estimate of drug-likeness (QED) is 0.262. The molecule has 0 saturated carbocycles. The van der Waals surface area contributed by atoms with Crippen LogP contribution in [0.1, 0.15) is 35.5 Å². The average molecular weight is 476 g/mol. The van der Waals surface area contributed by atoms with Crippen LogP contribution in [0.5, 0.6) is 5.75 Å². The molecule has 0 bridgehead atoms. The summed E-state index contributed by atoms with van der Waals surface area (Å²) in [5.41, 5.74) is 3.42. The van der Waals surface area contributed by atoms with Gasteiger partial charge in [0.2, 0.25) is 0 Å². The number of hydrogen-bond donors (Lipinski definition) is 0. The van der Waals surface area contributed by atoms with Crippen LogP contribution in [0.25, 0.3) is 10.9 Å². The first kappa shape index (κ1) is 21.5. The lowest BCUT2D eigenvalue weighted by atomic mass is 10.1. The number of fused-ring (bicyclic) bond motifs is 1. The molecule has 0 aliphatic heterocycles. The normalized spacial score (nSPS) is 10.9. The van der Waals surface area contributed by atoms with Gasteiger partial charge in [0.1, 0.15) is 5.75 Å². The summed E-state index contributed by atoms with van der Waals surface area (Å²) in [4.78, 5) is 25.4. The van der Waals surface area contributed by atoms with E-state index in [0.29, 0.717) is 26.9 Å². The van der Waals surface area contributed by atoms with E-state index in [2.05, 4.69) is 47.1 Å². The monoisotopic (exact) mass is 475 g/mol. The second-order valence-corrected chi connectivity index (χ2v) is 8.50. The van der Waals surface area contributed by atoms with Crippen molar-refractivity contribution in [2.45, 2.75) is 31.4 Å². The Balaban J connectivity index is 2.09. The average Bonchev–Trinajstić information content (AvgIpc) is 2.93. The summed E-state index contributed by atoms with van der Waals surface area (Å²) >= 11 is 5.11. The standard InChI is InChI=1S/C22H22BrNO4S/c1-5-27-22(26)21-16-10-20(28-14(3)25)17(23)11-18(16)24(4)19(21)12-29-15-8-6-13(2)7-9-15/h6-11H,5,12H2,1-4H3. The molecule has 0 radical (unpaired) electrons. The summed E-state index contributed by atoms with van der Waals surface area (Å²) in [6, 6.07) is 11.9. The van der Waals surface area contributed by atoms with E-state index in [1.807, 2.05) is 17.7 Å². The lowest BCUT2D eigenvalue weighted by Gasteiger charge is -2.08. The number of thioether (sulfide) groups is 1. The van der Waals surface area contributed by atoms with Crippen molar-refractivity contribution in [3.8, 4) is 5.75 Å². The number of carbonyl (C=O) groups excluding carboxylic acids is 2. The predicted octanol–water partition coefficient (Wildman–Crippen LogP) is 5.64. The Kier molecular flexibility index (Phi) is 6.70. The van der Waals surface area contributed by atoms with Crippen LogP contribution in [0, 0.1) is 6.92 Å². The van der Waals surface area contributed by atoms with Gasteiger partial charge >= 0.3 is 11.9 Å². The lowest BCUT2D eigenvalue weighted by Crippen LogP contribution is -2.08. The second kappa shape index (κ2) is 9.05. The minimum absolute atomic E-state index is 0.285. The third-order valence-corrected chi connectivity index (χ3v) is 6.15. The minimum Gasteiger partial charge on any atom is -0.462 e. The zero-order valence-corrected chi connectivity index (χ0v) is 19.1. The number of aromatic nitrogens is 1. The molecule has 0 unspecified atom stereocenters. The van der Waals surface area contributed by atoms with Crippen molar-refractivity contribution in [2.24, 2.45) is 7.05 Å². The summed E-state index contributed by atoms with van der Waals surface area (Å²) in [6.07, 6.45) is 0. The largest absolute Gasteiger partial charge is 0.462 e. The highest BCUT2D eigenvalue weighted by molar-refractivity contribution is 9.10. The molecule has 2 aromatic carbocycles. The van der Waals surface area contributed by atoms with Crippen LogP contribution < -0.4 is 4.74 Å². The first-order valence-corrected chi connectivity index (χ1v) is 11.0. The van der Waals surface area contributed by atoms with E-state index in [1.165, 1.54) is 12.5 Å². The molecule has 29 heavy (non-hydrogen) atoms. The van der Waals surface area contributed by atoms with Crippen LogP contribution in [0.15, 0.2) is 45.8 Å². The van der Waals surface area contributed by atoms with Crippen molar-refractivity contribution in [1.82, 2.24) is 4.57 Å². The Morgan fingerprint density at radius 1 is 1.17 bits per heavy atom. The van der Waals surface area contributed by atoms with Gasteiger partial charge in [-0.3, -0.25) is 4.79 Å². The number of esters is 2. The first-order chi connectivity index (χ1) is 13.8. The zero-order valence-electron chi connectivity index (χ0n) is 16.7. The number of carbonyl (C=O) groups is 2. The molecule has 0 fully saturated rings. The highest BCUT2D eigenvalue weighted by Gasteiger charge is 2.24. The van der Waals surface area contributed by atoms with Crippen molar-refractivity contribution in [3.63, 3.8) is 0 Å². The number of nitrogens with zero attached hydrogens (tertiary/aromatic N) is 1. The summed E-state index contributed by atoms with van der Waals surface area (Å²) in [7, 11) is 1.92. The van der Waals surface area contributed by atoms with Crippen LogP contribution in [0.4, 0.5) is 0 Å². The fraction of sp³-hybridized carbons (Fsp3) is 0.273. The Labute approximate surface area is 182 Å². The lowest BCUT2D eigenvalue weighted by molar-refractivity contribution is -0.131. The molecule has 3 rings (SSSR count). The highest BCUT2D eigenvalue weighted by atomic mass is 79.9. The number of hydrogen-bond acceptors (Lipinski definition) is 5. The van der Waals surface area contributed by atoms with Gasteiger partial charge in [0.25, 0.3) is 0 Å². The fourth-order valence-electron chi connectivity index (χ4n) is 3.11. The highest BCUT2D eigenvalue weighted by Crippen LogP contribution is 2.37. The molecule has 1 aromatic heterocycles. The molecule has 7 heteroatoms. The second-order valence-electron chi connectivity index (χ2n) is 6.60. The van der Waals surface area contributed by atoms with Crippen molar-refractivity contribution < 1.29 is 19.1 Å². The maximum atomic E-state index is 12.8. The SMILES string of the molecule is CCOC(=O)c1c(CSc2ccc(C)cc2)n(C)c2cc(Br)c(OC(C)=O)cc12. The van der Waals surface area contributed by atoms with Gasteiger partial charge in [0, 0.05) is 35.7 Å². The van der Waals surface area contributed by atoms with E-state index in [4.69, 9.17) is 9.47 Å². The van der Waals surface area contributed by atoms with Gasteiger partial charge < -0.3 is 14.0 Å². The predicted molar refractivity (Wildman–Crippen MR) is 119 cm³/mol. The van der Waals surface area contributed by atoms with Crippen molar-refractivity contribution in [3.05, 3.63) is 57.7 Å². The van der Waals surface area contributed by atoms with E-state index < -0.39 is 5.97 Å². The molecule has 1 heterocycles. The summed E-state index contributed by atoms with van der Waals surface area (Å²) in [6.45, 7) is 5.46. The zero-order chi connectivity index (χ0) is 21.1. The Bertz CT molecular complexity index is 1070. The van der Waals surface area contributed by atoms with Gasteiger partial charge in [-0.2, -0.15) is 0 Å². The van der Waals surface area contributed by atoms with Crippen LogP contribution in [0.3, 0.4) is 0 Å². The van der Waals surface area contributed by atoms with Crippen LogP contribution in [-0.4, -0.2) is 23.1 Å². The molecule has 0 aliphatic carbocycles. The summed E-state index contributed by atoms with van der Waals surface area (Å²) in [5, 5.41) is 0.699. The summed E-state index contributed by atoms with van der Waals surface area (Å²) < 4.78 is 13.3. The topological polar surface area (TPSA) is 57.5 Å². The molecule has 152 valence electrons. The molecule has 0 saturated heterocycles. The molecular formula is C22H22BrNO4S. The Morgan fingerprint density at radius 2 is 1.86 bits per heavy atom. The maximum Gasteiger partial charge on any atom is 0.340 e. The van der Waals surface area contributed by atoms with Crippen LogP contribution in [0.2, 0.25) is 0 Å². The van der Waals surface area contributed by atoms with Gasteiger partial charge in [-0.25, -0.2) is 4.79 Å². The van der Waals surface area contributed by atoms with Gasteiger partial charge in [0.15, 0.2) is 0 Å². The van der Waals surface area contributed by atoms with Gasteiger partial charge in [-0.05, 0) is 54.0 Å². The molecule has 0 N–H and O–H groups in total. The van der Waals surface area contributed by atoms with Gasteiger partial charge in [-0.1, -0.05) is 17.7 Å². The third-order valence-electron chi connectivity index (χ3n) is 4.50. The molecule has 3 aromatic rings. The fourth-order valence-corrected chi connectivity index (χ4v) is 4.49. The third kappa shape index (κ3) is 4.67. The van der Waals surface area contributed by atoms with E-state index in [1.54, 1.807) is 24.8 Å². The number of rotatable bonds is 6. The Hall–Kier alpha value is -2.25. The number of ether oxygens (including phenoxy) is 2. The smallest absolute Gasteiger partial charge is 0.340 e. The molecule has 0 aliphatic rings. The minimum atomic E-state index is -0.422. The summed E-state index contributed by atoms with van der Waals surface area (Å²) in [5.74, 6) is 0.171. The van der Waals surface area contributed by atoms with Crippen molar-refractivity contribution >= 4 is 50.5 Å². The van der Waals surface area contributed by atoms with E-state index in [0.717, 1.165) is 16.1 Å². The molecule has 0 spiro atoms. The van der Waals surface area contributed by atoms with E-state index in [9.17, 15) is 9.59 Å². The first-order valence-electron chi connectivity index (χ1n) is 9.17. The van der Waals surface area contributed by atoms with E-state index in [-0.39, 0.29) is 12.6 Å². The number of aryl methyl sites for hydroxylation is 2. The van der Waals surface area contributed by atoms with Crippen LogP contribution >= 0.6 is 27.7 Å². The van der Waals surface area contributed by atoms with E-state index >= 15 is 0 Å². The Morgan fingerprint density at radius 3 is 2.48 bits per heavy atom. The molecule has 0 atom stereocenters. The van der Waals surface area contributed by atoms with Crippen molar-refractivity contribution in [1.29, 1.82) is 0 Å². The number of benzene rings is 2. The molecular weight excluding hydrogens is 454 g/mol. The maximum absolute atomic E-state index is 12.8. The van der Waals surface area contributed by atoms with Gasteiger partial charge in [0.05, 0.1) is 22.2 Å². The molecule has 0 amide bonds. The van der Waals surface area contributed by atoms with Crippen molar-refractivity contribution in [2.75, 3.05) is 6.61 Å². The van der Waals surface area contributed by atoms with Crippen LogP contribution in [-0.2, 0) is 22.3 Å².